The monoisotopic (exact) mass is 441 g/mol. The van der Waals surface area contributed by atoms with Crippen LogP contribution < -0.4 is 0 Å². The van der Waals surface area contributed by atoms with Crippen LogP contribution in [0.3, 0.4) is 0 Å². The fourth-order valence-corrected chi connectivity index (χ4v) is 8.41. The summed E-state index contributed by atoms with van der Waals surface area (Å²) in [6.07, 6.45) is 16.3. The molecule has 3 saturated carbocycles. The maximum Gasteiger partial charge on any atom is 0.155 e. The number of carbonyl (C=O) groups is 1. The molecule has 178 valence electrons. The number of fused-ring (bicyclic) bond motifs is 5. The molecule has 0 saturated heterocycles. The Labute approximate surface area is 194 Å². The van der Waals surface area contributed by atoms with Crippen molar-refractivity contribution in [3.8, 4) is 0 Å². The third-order valence-electron chi connectivity index (χ3n) is 10.6. The molecule has 0 radical (unpaired) electrons. The largest absolute Gasteiger partial charge is 0.390 e. The second kappa shape index (κ2) is 9.14. The Kier molecular flexibility index (Phi) is 6.81. The number of rotatable bonds is 8. The molecule has 3 fully saturated rings. The highest BCUT2D eigenvalue weighted by Gasteiger charge is 2.64. The van der Waals surface area contributed by atoms with Gasteiger partial charge in [0.2, 0.25) is 0 Å². The average molecular weight is 442 g/mol. The van der Waals surface area contributed by atoms with Crippen molar-refractivity contribution in [2.24, 2.45) is 39.6 Å². The van der Waals surface area contributed by atoms with Gasteiger partial charge in [0, 0.05) is 17.9 Å². The van der Waals surface area contributed by atoms with Crippen LogP contribution in [-0.4, -0.2) is 23.0 Å². The number of aliphatic hydroxyl groups is 1. The van der Waals surface area contributed by atoms with Gasteiger partial charge < -0.3 is 5.11 Å². The lowest BCUT2D eigenvalue weighted by Crippen LogP contribution is -2.56. The Balaban J connectivity index is 1.49. The molecule has 0 aliphatic heterocycles. The zero-order valence-electron chi connectivity index (χ0n) is 20.5. The second-order valence-electron chi connectivity index (χ2n) is 12.1. The zero-order valence-corrected chi connectivity index (χ0v) is 20.5. The smallest absolute Gasteiger partial charge is 0.155 e. The fraction of sp³-hybridized carbons (Fsp3) is 0.889. The van der Waals surface area contributed by atoms with E-state index in [1.165, 1.54) is 37.7 Å². The summed E-state index contributed by atoms with van der Waals surface area (Å²) in [7, 11) is 0. The van der Waals surface area contributed by atoms with Gasteiger partial charge in [0.15, 0.2) is 5.78 Å². The van der Waals surface area contributed by atoms with Gasteiger partial charge in [0.1, 0.15) is 0 Å². The fourth-order valence-electron chi connectivity index (χ4n) is 8.41. The molecule has 0 heterocycles. The first-order valence-electron chi connectivity index (χ1n) is 13.2. The van der Waals surface area contributed by atoms with Crippen LogP contribution in [0, 0.1) is 34.5 Å². The van der Waals surface area contributed by atoms with Gasteiger partial charge in [0.25, 0.3) is 0 Å². The predicted octanol–water partition coefficient (Wildman–Crippen LogP) is 7.15. The van der Waals surface area contributed by atoms with Gasteiger partial charge in [-0.05, 0) is 104 Å². The summed E-state index contributed by atoms with van der Waals surface area (Å²) >= 11 is 0. The van der Waals surface area contributed by atoms with Crippen LogP contribution in [0.25, 0.3) is 10.4 Å². The van der Waals surface area contributed by atoms with Gasteiger partial charge in [-0.1, -0.05) is 50.2 Å². The summed E-state index contributed by atoms with van der Waals surface area (Å²) in [6.45, 7) is 7.54. The lowest BCUT2D eigenvalue weighted by Gasteiger charge is -2.61. The van der Waals surface area contributed by atoms with Gasteiger partial charge in [0.05, 0.1) is 5.60 Å². The van der Waals surface area contributed by atoms with Gasteiger partial charge >= 0.3 is 0 Å². The summed E-state index contributed by atoms with van der Waals surface area (Å²) in [5.41, 5.74) is 9.52. The Morgan fingerprint density at radius 3 is 2.56 bits per heavy atom. The molecule has 4 aliphatic rings. The molecule has 0 amide bonds. The minimum atomic E-state index is -0.543. The number of hydrogen-bond acceptors (Lipinski definition) is 3. The van der Waals surface area contributed by atoms with Crippen LogP contribution in [0.15, 0.2) is 16.8 Å². The quantitative estimate of drug-likeness (QED) is 0.188. The van der Waals surface area contributed by atoms with E-state index in [0.717, 1.165) is 44.9 Å². The van der Waals surface area contributed by atoms with Crippen molar-refractivity contribution < 1.29 is 9.90 Å². The average Bonchev–Trinajstić information content (AvgIpc) is 3.00. The maximum absolute atomic E-state index is 12.3. The van der Waals surface area contributed by atoms with Crippen LogP contribution in [0.4, 0.5) is 0 Å². The lowest BCUT2D eigenvalue weighted by atomic mass is 9.44. The van der Waals surface area contributed by atoms with Crippen molar-refractivity contribution in [2.45, 2.75) is 110 Å². The first-order chi connectivity index (χ1) is 15.2. The first kappa shape index (κ1) is 23.8. The topological polar surface area (TPSA) is 86.1 Å². The number of allylic oxidation sites excluding steroid dienone is 1. The van der Waals surface area contributed by atoms with E-state index in [2.05, 4.69) is 30.8 Å². The molecule has 0 aromatic rings. The first-order valence-corrected chi connectivity index (χ1v) is 13.2. The highest BCUT2D eigenvalue weighted by atomic mass is 16.3. The standard InChI is InChI=1S/C27H43N3O2/c1-25-13-10-21(31)18-20(25)17-19(9-7-5-4-6-8-16-29-30-28)24-22(25)11-14-26(2)23(24)12-15-27(26,3)32/h18-19,22-24,32H,4-17H2,1-3H3/t19?,22-,23+,24-,25+,26+,27?/m1/s1. The molecule has 4 rings (SSSR count). The Morgan fingerprint density at radius 2 is 1.78 bits per heavy atom. The van der Waals surface area contributed by atoms with Crippen LogP contribution in [0.1, 0.15) is 104 Å². The van der Waals surface area contributed by atoms with Crippen molar-refractivity contribution in [1.82, 2.24) is 0 Å². The van der Waals surface area contributed by atoms with Crippen LogP contribution in [0.2, 0.25) is 0 Å². The van der Waals surface area contributed by atoms with Crippen LogP contribution in [-0.2, 0) is 4.79 Å². The molecular weight excluding hydrogens is 398 g/mol. The molecule has 0 bridgehead atoms. The van der Waals surface area contributed by atoms with E-state index >= 15 is 0 Å². The third kappa shape index (κ3) is 4.05. The molecule has 0 aromatic heterocycles. The molecule has 7 atom stereocenters. The van der Waals surface area contributed by atoms with Crippen LogP contribution in [0.5, 0.6) is 0 Å². The van der Waals surface area contributed by atoms with E-state index in [0.29, 0.717) is 42.4 Å². The highest BCUT2D eigenvalue weighted by molar-refractivity contribution is 5.91. The molecular formula is C27H43N3O2. The Morgan fingerprint density at radius 1 is 1.06 bits per heavy atom. The number of ketones is 1. The van der Waals surface area contributed by atoms with Gasteiger partial charge in [-0.25, -0.2) is 0 Å². The van der Waals surface area contributed by atoms with E-state index in [9.17, 15) is 9.90 Å². The van der Waals surface area contributed by atoms with E-state index in [1.54, 1.807) is 0 Å². The molecule has 0 spiro atoms. The molecule has 5 nitrogen and oxygen atoms in total. The van der Waals surface area contributed by atoms with Gasteiger partial charge in [-0.3, -0.25) is 4.79 Å². The molecule has 0 aromatic carbocycles. The zero-order chi connectivity index (χ0) is 23.0. The van der Waals surface area contributed by atoms with Crippen molar-refractivity contribution in [2.75, 3.05) is 6.54 Å². The summed E-state index contributed by atoms with van der Waals surface area (Å²) in [6, 6.07) is 0. The maximum atomic E-state index is 12.3. The summed E-state index contributed by atoms with van der Waals surface area (Å²) in [5, 5.41) is 14.9. The minimum Gasteiger partial charge on any atom is -0.390 e. The minimum absolute atomic E-state index is 0.0374. The predicted molar refractivity (Wildman–Crippen MR) is 128 cm³/mol. The summed E-state index contributed by atoms with van der Waals surface area (Å²) < 4.78 is 0. The molecule has 1 N–H and O–H groups in total. The van der Waals surface area contributed by atoms with E-state index in [-0.39, 0.29) is 10.8 Å². The molecule has 5 heteroatoms. The number of nitrogens with zero attached hydrogens (tertiary/aromatic N) is 3. The third-order valence-corrected chi connectivity index (χ3v) is 10.6. The Bertz CT molecular complexity index is 799. The van der Waals surface area contributed by atoms with E-state index in [4.69, 9.17) is 5.53 Å². The van der Waals surface area contributed by atoms with Crippen molar-refractivity contribution in [3.05, 3.63) is 22.1 Å². The van der Waals surface area contributed by atoms with Crippen molar-refractivity contribution >= 4 is 5.78 Å². The summed E-state index contributed by atoms with van der Waals surface area (Å²) in [5.74, 6) is 2.94. The molecule has 4 aliphatic carbocycles. The number of hydrogen-bond donors (Lipinski definition) is 1. The molecule has 32 heavy (non-hydrogen) atoms. The lowest BCUT2D eigenvalue weighted by molar-refractivity contribution is -0.135. The number of azide groups is 1. The van der Waals surface area contributed by atoms with E-state index in [1.807, 2.05) is 6.08 Å². The van der Waals surface area contributed by atoms with Gasteiger partial charge in [-0.2, -0.15) is 0 Å². The highest BCUT2D eigenvalue weighted by Crippen LogP contribution is 2.69. The number of carbonyl (C=O) groups excluding carboxylic acids is 1. The SMILES string of the molecule is CC1(O)CC[C@H]2[C@@H]3C(CCCCCCCN=[N+]=[N-])CC4=CC(=O)CC[C@]4(C)[C@@H]3CC[C@@]21C. The number of unbranched alkanes of at least 4 members (excludes halogenated alkanes) is 4. The van der Waals surface area contributed by atoms with Crippen LogP contribution >= 0.6 is 0 Å². The summed E-state index contributed by atoms with van der Waals surface area (Å²) in [4.78, 5) is 15.1. The second-order valence-corrected chi connectivity index (χ2v) is 12.1. The molecule has 2 unspecified atom stereocenters. The normalized spacial score (nSPS) is 43.0. The van der Waals surface area contributed by atoms with Gasteiger partial charge in [-0.15, -0.1) is 0 Å². The van der Waals surface area contributed by atoms with Crippen molar-refractivity contribution in [3.63, 3.8) is 0 Å². The van der Waals surface area contributed by atoms with E-state index < -0.39 is 5.60 Å². The van der Waals surface area contributed by atoms with Crippen molar-refractivity contribution in [1.29, 1.82) is 0 Å². The Hall–Kier alpha value is -1.32.